The summed E-state index contributed by atoms with van der Waals surface area (Å²) in [6.45, 7) is 1.09. The number of nitrogens with zero attached hydrogens (tertiary/aromatic N) is 4. The fourth-order valence-electron chi connectivity index (χ4n) is 2.88. The van der Waals surface area contributed by atoms with Gasteiger partial charge in [-0.2, -0.15) is 0 Å². The van der Waals surface area contributed by atoms with Gasteiger partial charge < -0.3 is 20.5 Å². The molecule has 0 spiro atoms. The van der Waals surface area contributed by atoms with E-state index in [0.29, 0.717) is 35.6 Å². The molecule has 3 N–H and O–H groups in total. The maximum absolute atomic E-state index is 12.4. The Morgan fingerprint density at radius 3 is 2.92 bits per heavy atom. The van der Waals surface area contributed by atoms with Gasteiger partial charge in [0.25, 0.3) is 5.91 Å². The summed E-state index contributed by atoms with van der Waals surface area (Å²) in [7, 11) is 0. The number of rotatable bonds is 4. The van der Waals surface area contributed by atoms with Gasteiger partial charge in [-0.25, -0.2) is 15.0 Å². The van der Waals surface area contributed by atoms with Gasteiger partial charge in [0.2, 0.25) is 0 Å². The van der Waals surface area contributed by atoms with Crippen molar-refractivity contribution in [2.24, 2.45) is 0 Å². The molecule has 0 radical (unpaired) electrons. The molecular weight excluding hydrogens is 336 g/mol. The smallest absolute Gasteiger partial charge is 0.256 e. The van der Waals surface area contributed by atoms with Gasteiger partial charge in [0.05, 0.1) is 19.0 Å². The van der Waals surface area contributed by atoms with E-state index in [9.17, 15) is 9.90 Å². The summed E-state index contributed by atoms with van der Waals surface area (Å²) < 4.78 is 7.61. The number of anilines is 1. The van der Waals surface area contributed by atoms with E-state index in [4.69, 9.17) is 4.74 Å². The molecule has 1 aromatic carbocycles. The van der Waals surface area contributed by atoms with Gasteiger partial charge in [-0.15, -0.1) is 0 Å². The lowest BCUT2D eigenvalue weighted by Crippen LogP contribution is -2.44. The van der Waals surface area contributed by atoms with Crippen molar-refractivity contribution in [1.82, 2.24) is 24.8 Å². The van der Waals surface area contributed by atoms with Crippen LogP contribution in [-0.2, 0) is 4.74 Å². The Morgan fingerprint density at radius 2 is 2.12 bits per heavy atom. The normalized spacial score (nSPS) is 20.2. The van der Waals surface area contributed by atoms with Crippen molar-refractivity contribution < 1.29 is 14.6 Å². The summed E-state index contributed by atoms with van der Waals surface area (Å²) >= 11 is 0. The van der Waals surface area contributed by atoms with Gasteiger partial charge in [0.1, 0.15) is 12.6 Å². The first kappa shape index (κ1) is 16.6. The number of aliphatic hydroxyl groups excluding tert-OH is 1. The van der Waals surface area contributed by atoms with Crippen molar-refractivity contribution >= 4 is 22.9 Å². The minimum atomic E-state index is -0.349. The Morgan fingerprint density at radius 1 is 1.27 bits per heavy atom. The summed E-state index contributed by atoms with van der Waals surface area (Å²) in [5.74, 6) is 0.0705. The third-order valence-corrected chi connectivity index (χ3v) is 4.18. The number of nitrogens with one attached hydrogen (secondary N) is 2. The monoisotopic (exact) mass is 354 g/mol. The van der Waals surface area contributed by atoms with Gasteiger partial charge in [0, 0.05) is 18.7 Å². The number of hydrogen-bond acceptors (Lipinski definition) is 7. The van der Waals surface area contributed by atoms with Crippen LogP contribution in [0.5, 0.6) is 0 Å². The molecule has 0 aliphatic carbocycles. The highest BCUT2D eigenvalue weighted by Gasteiger charge is 2.25. The van der Waals surface area contributed by atoms with Crippen LogP contribution in [0.3, 0.4) is 0 Å². The number of fused-ring (bicyclic) bond motifs is 1. The standard InChI is InChI=1S/C17H18N6O3/c24-8-12-6-18-7-13(26-12)23-10-21-14-15(19-9-20-16(14)23)22-17(25)11-4-2-1-3-5-11/h1-5,9-10,12-13,18,24H,6-8H2,(H,19,20,22,25). The molecule has 9 nitrogen and oxygen atoms in total. The van der Waals surface area contributed by atoms with Gasteiger partial charge in [-0.05, 0) is 12.1 Å². The maximum Gasteiger partial charge on any atom is 0.256 e. The van der Waals surface area contributed by atoms with Gasteiger partial charge in [0.15, 0.2) is 17.0 Å². The molecule has 1 aliphatic rings. The molecule has 3 heterocycles. The first-order valence-electron chi connectivity index (χ1n) is 8.27. The lowest BCUT2D eigenvalue weighted by molar-refractivity contribution is -0.0933. The van der Waals surface area contributed by atoms with Crippen LogP contribution in [0, 0.1) is 0 Å². The molecule has 1 aliphatic heterocycles. The van der Waals surface area contributed by atoms with Crippen molar-refractivity contribution in [1.29, 1.82) is 0 Å². The van der Waals surface area contributed by atoms with E-state index in [0.717, 1.165) is 0 Å². The molecule has 1 fully saturated rings. The van der Waals surface area contributed by atoms with Crippen molar-refractivity contribution in [3.8, 4) is 0 Å². The molecule has 9 heteroatoms. The number of carbonyl (C=O) groups is 1. The van der Waals surface area contributed by atoms with E-state index in [1.165, 1.54) is 6.33 Å². The summed E-state index contributed by atoms with van der Waals surface area (Å²) in [6.07, 6.45) is 2.34. The molecule has 0 bridgehead atoms. The average Bonchev–Trinajstić information content (AvgIpc) is 3.14. The number of amides is 1. The zero-order valence-electron chi connectivity index (χ0n) is 13.9. The quantitative estimate of drug-likeness (QED) is 0.627. The van der Waals surface area contributed by atoms with Gasteiger partial charge in [-0.3, -0.25) is 9.36 Å². The highest BCUT2D eigenvalue weighted by atomic mass is 16.5. The Labute approximate surface area is 149 Å². The zero-order chi connectivity index (χ0) is 17.9. The number of imidazole rings is 1. The molecule has 1 saturated heterocycles. The molecule has 4 rings (SSSR count). The lowest BCUT2D eigenvalue weighted by Gasteiger charge is -2.30. The number of ether oxygens (including phenoxy) is 1. The molecule has 2 atom stereocenters. The fraction of sp³-hybridized carbons (Fsp3) is 0.294. The number of aliphatic hydroxyl groups is 1. The molecule has 0 saturated carbocycles. The minimum Gasteiger partial charge on any atom is -0.394 e. The second-order valence-electron chi connectivity index (χ2n) is 5.92. The van der Waals surface area contributed by atoms with Crippen LogP contribution >= 0.6 is 0 Å². The van der Waals surface area contributed by atoms with Crippen molar-refractivity contribution in [3.05, 3.63) is 48.5 Å². The third-order valence-electron chi connectivity index (χ3n) is 4.18. The van der Waals surface area contributed by atoms with E-state index in [2.05, 4.69) is 25.6 Å². The highest BCUT2D eigenvalue weighted by molar-refractivity contribution is 6.06. The molecule has 134 valence electrons. The first-order valence-corrected chi connectivity index (χ1v) is 8.27. The van der Waals surface area contributed by atoms with E-state index >= 15 is 0 Å². The predicted octanol–water partition coefficient (Wildman–Crippen LogP) is 0.558. The second kappa shape index (κ2) is 7.16. The number of carbonyl (C=O) groups excluding carboxylic acids is 1. The van der Waals surface area contributed by atoms with Crippen LogP contribution in [0.2, 0.25) is 0 Å². The Hall–Kier alpha value is -2.88. The second-order valence-corrected chi connectivity index (χ2v) is 5.92. The fourth-order valence-corrected chi connectivity index (χ4v) is 2.88. The van der Waals surface area contributed by atoms with Crippen LogP contribution in [0.4, 0.5) is 5.82 Å². The molecule has 1 amide bonds. The first-order chi connectivity index (χ1) is 12.8. The van der Waals surface area contributed by atoms with Crippen LogP contribution in [-0.4, -0.2) is 56.3 Å². The van der Waals surface area contributed by atoms with Gasteiger partial charge in [-0.1, -0.05) is 18.2 Å². The predicted molar refractivity (Wildman–Crippen MR) is 93.6 cm³/mol. The Balaban J connectivity index is 1.62. The minimum absolute atomic E-state index is 0.0660. The summed E-state index contributed by atoms with van der Waals surface area (Å²) in [6, 6.07) is 8.89. The molecular formula is C17H18N6O3. The largest absolute Gasteiger partial charge is 0.394 e. The van der Waals surface area contributed by atoms with E-state index < -0.39 is 0 Å². The molecule has 2 aromatic heterocycles. The SMILES string of the molecule is O=C(Nc1ncnc2c1ncn2C1CNCC(CO)O1)c1ccccc1. The summed E-state index contributed by atoms with van der Waals surface area (Å²) in [4.78, 5) is 25.1. The van der Waals surface area contributed by atoms with Crippen LogP contribution in [0.25, 0.3) is 11.2 Å². The van der Waals surface area contributed by atoms with Crippen molar-refractivity contribution in [2.45, 2.75) is 12.3 Å². The third kappa shape index (κ3) is 3.15. The molecule has 3 aromatic rings. The van der Waals surface area contributed by atoms with E-state index in [1.54, 1.807) is 35.2 Å². The summed E-state index contributed by atoms with van der Waals surface area (Å²) in [5.41, 5.74) is 1.56. The van der Waals surface area contributed by atoms with Crippen molar-refractivity contribution in [2.75, 3.05) is 25.0 Å². The van der Waals surface area contributed by atoms with Crippen LogP contribution < -0.4 is 10.6 Å². The summed E-state index contributed by atoms with van der Waals surface area (Å²) in [5, 5.41) is 15.3. The highest BCUT2D eigenvalue weighted by Crippen LogP contribution is 2.23. The zero-order valence-corrected chi connectivity index (χ0v) is 13.9. The van der Waals surface area contributed by atoms with Crippen LogP contribution in [0.1, 0.15) is 16.6 Å². The Bertz CT molecular complexity index is 913. The van der Waals surface area contributed by atoms with E-state index in [1.807, 2.05) is 6.07 Å². The Kier molecular flexibility index (Phi) is 4.57. The lowest BCUT2D eigenvalue weighted by atomic mass is 10.2. The molecule has 2 unspecified atom stereocenters. The number of hydrogen-bond donors (Lipinski definition) is 3. The number of aromatic nitrogens is 4. The number of benzene rings is 1. The van der Waals surface area contributed by atoms with Gasteiger partial charge >= 0.3 is 0 Å². The number of morpholine rings is 1. The topological polar surface area (TPSA) is 114 Å². The van der Waals surface area contributed by atoms with E-state index in [-0.39, 0.29) is 24.8 Å². The maximum atomic E-state index is 12.4. The van der Waals surface area contributed by atoms with Crippen LogP contribution in [0.15, 0.2) is 43.0 Å². The molecule has 26 heavy (non-hydrogen) atoms. The van der Waals surface area contributed by atoms with Crippen molar-refractivity contribution in [3.63, 3.8) is 0 Å². The average molecular weight is 354 g/mol.